The van der Waals surface area contributed by atoms with Crippen LogP contribution in [0.4, 0.5) is 13.2 Å². The Hall–Kier alpha value is -1.54. The predicted molar refractivity (Wildman–Crippen MR) is 86.8 cm³/mol. The van der Waals surface area contributed by atoms with Gasteiger partial charge in [-0.15, -0.1) is 0 Å². The van der Waals surface area contributed by atoms with Gasteiger partial charge >= 0.3 is 13.1 Å². The molecular weight excluding hydrogens is 336 g/mol. The van der Waals surface area contributed by atoms with Crippen LogP contribution in [0.15, 0.2) is 12.1 Å². The van der Waals surface area contributed by atoms with E-state index < -0.39 is 53.5 Å². The molecule has 0 aromatic heterocycles. The zero-order chi connectivity index (χ0) is 19.2. The van der Waals surface area contributed by atoms with Crippen molar-refractivity contribution >= 4 is 13.1 Å². The first-order valence-corrected chi connectivity index (χ1v) is 8.07. The molecule has 0 radical (unpaired) electrons. The number of aliphatic carboxylic acids is 1. The van der Waals surface area contributed by atoms with Crippen molar-refractivity contribution < 1.29 is 32.4 Å². The van der Waals surface area contributed by atoms with Gasteiger partial charge in [-0.1, -0.05) is 6.92 Å². The molecule has 1 aliphatic rings. The van der Waals surface area contributed by atoms with Gasteiger partial charge in [-0.3, -0.25) is 4.79 Å². The molecule has 0 amide bonds. The van der Waals surface area contributed by atoms with E-state index in [1.807, 2.05) is 27.7 Å². The van der Waals surface area contributed by atoms with Crippen LogP contribution in [-0.4, -0.2) is 29.4 Å². The maximum atomic E-state index is 14.1. The van der Waals surface area contributed by atoms with Gasteiger partial charge < -0.3 is 14.4 Å². The number of carboxylic acid groups (broad SMARTS) is 1. The molecule has 0 aliphatic carbocycles. The smallest absolute Gasteiger partial charge is 0.462 e. The summed E-state index contributed by atoms with van der Waals surface area (Å²) in [6.07, 6.45) is -0.365. The van der Waals surface area contributed by atoms with Crippen molar-refractivity contribution in [1.29, 1.82) is 0 Å². The molecule has 138 valence electrons. The average molecular weight is 358 g/mol. The second-order valence-corrected chi connectivity index (χ2v) is 7.46. The minimum absolute atomic E-state index is 0.111. The summed E-state index contributed by atoms with van der Waals surface area (Å²) in [4.78, 5) is 11.3. The number of hydrogen-bond acceptors (Lipinski definition) is 3. The van der Waals surface area contributed by atoms with Crippen LogP contribution in [0.25, 0.3) is 0 Å². The first kappa shape index (κ1) is 19.8. The topological polar surface area (TPSA) is 55.8 Å². The van der Waals surface area contributed by atoms with Gasteiger partial charge in [0, 0.05) is 18.3 Å². The molecule has 0 saturated carbocycles. The number of benzene rings is 1. The van der Waals surface area contributed by atoms with Crippen LogP contribution in [0.2, 0.25) is 5.82 Å². The summed E-state index contributed by atoms with van der Waals surface area (Å²) in [7, 11) is -0.913. The molecule has 2 rings (SSSR count). The standard InChI is InChI=1S/C17H22BF3O4/c1-9(10-6-13(20)14(21)8-12(10)19)11(7-15(22)23)18-24-16(2,3)17(4,5)25-18/h6,8-9,11H,7H2,1-5H3,(H,22,23). The molecule has 1 N–H and O–H groups in total. The molecule has 8 heteroatoms. The Morgan fingerprint density at radius 3 is 2.04 bits per heavy atom. The molecule has 0 bridgehead atoms. The van der Waals surface area contributed by atoms with Crippen molar-refractivity contribution in [2.24, 2.45) is 0 Å². The van der Waals surface area contributed by atoms with Gasteiger partial charge in [-0.05, 0) is 45.2 Å². The average Bonchev–Trinajstić information content (AvgIpc) is 2.67. The number of carboxylic acids is 1. The lowest BCUT2D eigenvalue weighted by Crippen LogP contribution is -2.41. The minimum atomic E-state index is -1.29. The van der Waals surface area contributed by atoms with Gasteiger partial charge in [0.15, 0.2) is 11.6 Å². The monoisotopic (exact) mass is 358 g/mol. The number of hydrogen-bond donors (Lipinski definition) is 1. The second-order valence-electron chi connectivity index (χ2n) is 7.46. The summed E-state index contributed by atoms with van der Waals surface area (Å²) in [6.45, 7) is 8.80. The Morgan fingerprint density at radius 2 is 1.56 bits per heavy atom. The van der Waals surface area contributed by atoms with E-state index in [0.29, 0.717) is 6.07 Å². The quantitative estimate of drug-likeness (QED) is 0.635. The van der Waals surface area contributed by atoms with Gasteiger partial charge in [-0.25, -0.2) is 13.2 Å². The summed E-state index contributed by atoms with van der Waals surface area (Å²) < 4.78 is 52.6. The van der Waals surface area contributed by atoms with Crippen LogP contribution in [-0.2, 0) is 14.1 Å². The van der Waals surface area contributed by atoms with Crippen molar-refractivity contribution in [3.63, 3.8) is 0 Å². The summed E-state index contributed by atoms with van der Waals surface area (Å²) in [6, 6.07) is 1.22. The maximum absolute atomic E-state index is 14.1. The van der Waals surface area contributed by atoms with Crippen molar-refractivity contribution in [3.8, 4) is 0 Å². The molecule has 2 atom stereocenters. The lowest BCUT2D eigenvalue weighted by atomic mass is 9.62. The third-order valence-corrected chi connectivity index (χ3v) is 5.20. The van der Waals surface area contributed by atoms with Gasteiger partial charge in [0.2, 0.25) is 0 Å². The summed E-state index contributed by atoms with van der Waals surface area (Å²) >= 11 is 0. The fraction of sp³-hybridized carbons (Fsp3) is 0.588. The summed E-state index contributed by atoms with van der Waals surface area (Å²) in [5.41, 5.74) is -1.50. The number of carbonyl (C=O) groups is 1. The molecule has 4 nitrogen and oxygen atoms in total. The molecule has 1 aromatic carbocycles. The normalized spacial score (nSPS) is 21.2. The van der Waals surface area contributed by atoms with Crippen molar-refractivity contribution in [2.45, 2.75) is 64.0 Å². The highest BCUT2D eigenvalue weighted by atomic mass is 19.2. The van der Waals surface area contributed by atoms with E-state index in [4.69, 9.17) is 9.31 Å². The SMILES string of the molecule is CC(c1cc(F)c(F)cc1F)C(CC(=O)O)B1OC(C)(C)C(C)(C)O1. The molecule has 1 heterocycles. The lowest BCUT2D eigenvalue weighted by molar-refractivity contribution is -0.137. The molecule has 2 unspecified atom stereocenters. The van der Waals surface area contributed by atoms with Crippen molar-refractivity contribution in [1.82, 2.24) is 0 Å². The van der Waals surface area contributed by atoms with E-state index in [2.05, 4.69) is 0 Å². The molecule has 25 heavy (non-hydrogen) atoms. The number of rotatable bonds is 5. The van der Waals surface area contributed by atoms with Gasteiger partial charge in [0.05, 0.1) is 11.2 Å². The molecule has 1 aliphatic heterocycles. The molecule has 1 aromatic rings. The zero-order valence-electron chi connectivity index (χ0n) is 14.9. The summed E-state index contributed by atoms with van der Waals surface area (Å²) in [5, 5.41) is 9.23. The van der Waals surface area contributed by atoms with E-state index in [-0.39, 0.29) is 12.0 Å². The van der Waals surface area contributed by atoms with Crippen LogP contribution in [0.1, 0.15) is 52.5 Å². The third-order valence-electron chi connectivity index (χ3n) is 5.20. The van der Waals surface area contributed by atoms with Crippen LogP contribution >= 0.6 is 0 Å². The van der Waals surface area contributed by atoms with E-state index in [1.165, 1.54) is 0 Å². The van der Waals surface area contributed by atoms with Crippen LogP contribution in [0, 0.1) is 17.5 Å². The molecular formula is C17H22BF3O4. The minimum Gasteiger partial charge on any atom is -0.481 e. The fourth-order valence-electron chi connectivity index (χ4n) is 2.89. The Kier molecular flexibility index (Phi) is 5.26. The first-order chi connectivity index (χ1) is 11.4. The third kappa shape index (κ3) is 3.85. The predicted octanol–water partition coefficient (Wildman–Crippen LogP) is 4.14. The largest absolute Gasteiger partial charge is 0.481 e. The van der Waals surface area contributed by atoms with Crippen molar-refractivity contribution in [2.75, 3.05) is 0 Å². The fourth-order valence-corrected chi connectivity index (χ4v) is 2.89. The van der Waals surface area contributed by atoms with E-state index in [0.717, 1.165) is 6.07 Å². The molecule has 1 fully saturated rings. The molecule has 0 spiro atoms. The first-order valence-electron chi connectivity index (χ1n) is 8.07. The van der Waals surface area contributed by atoms with E-state index in [1.54, 1.807) is 6.92 Å². The van der Waals surface area contributed by atoms with Gasteiger partial charge in [0.25, 0.3) is 0 Å². The second kappa shape index (κ2) is 6.65. The van der Waals surface area contributed by atoms with Crippen molar-refractivity contribution in [3.05, 3.63) is 35.1 Å². The van der Waals surface area contributed by atoms with Crippen LogP contribution < -0.4 is 0 Å². The highest BCUT2D eigenvalue weighted by molar-refractivity contribution is 6.48. The highest BCUT2D eigenvalue weighted by Crippen LogP contribution is 2.45. The van der Waals surface area contributed by atoms with Gasteiger partial charge in [0.1, 0.15) is 5.82 Å². The Morgan fingerprint density at radius 1 is 1.08 bits per heavy atom. The zero-order valence-corrected chi connectivity index (χ0v) is 14.9. The molecule has 1 saturated heterocycles. The van der Waals surface area contributed by atoms with Crippen LogP contribution in [0.3, 0.4) is 0 Å². The number of halogens is 3. The Bertz CT molecular complexity index is 662. The van der Waals surface area contributed by atoms with Crippen LogP contribution in [0.5, 0.6) is 0 Å². The van der Waals surface area contributed by atoms with E-state index in [9.17, 15) is 23.1 Å². The van der Waals surface area contributed by atoms with Gasteiger partial charge in [-0.2, -0.15) is 0 Å². The van der Waals surface area contributed by atoms with E-state index >= 15 is 0 Å². The Labute approximate surface area is 145 Å². The highest BCUT2D eigenvalue weighted by Gasteiger charge is 2.55. The lowest BCUT2D eigenvalue weighted by Gasteiger charge is -2.32. The maximum Gasteiger partial charge on any atom is 0.462 e. The summed E-state index contributed by atoms with van der Waals surface area (Å²) in [5.74, 6) is -6.07. The Balaban J connectivity index is 2.38.